The number of thioether (sulfide) groups is 1. The molecule has 24 heavy (non-hydrogen) atoms. The molecule has 1 aromatic heterocycles. The van der Waals surface area contributed by atoms with Gasteiger partial charge in [-0.15, -0.1) is 10.2 Å². The van der Waals surface area contributed by atoms with Crippen molar-refractivity contribution >= 4 is 17.7 Å². The van der Waals surface area contributed by atoms with E-state index in [2.05, 4.69) is 10.2 Å². The molecule has 0 aliphatic heterocycles. The third-order valence-electron chi connectivity index (χ3n) is 3.13. The van der Waals surface area contributed by atoms with Gasteiger partial charge in [-0.25, -0.2) is 0 Å². The number of aromatic nitrogens is 3. The van der Waals surface area contributed by atoms with Gasteiger partial charge in [-0.3, -0.25) is 4.79 Å². The van der Waals surface area contributed by atoms with E-state index < -0.39 is 18.6 Å². The first-order valence-corrected chi connectivity index (χ1v) is 8.30. The number of benzene rings is 1. The maximum absolute atomic E-state index is 12.1. The second kappa shape index (κ2) is 8.18. The molecule has 2 rings (SSSR count). The first kappa shape index (κ1) is 18.3. The zero-order valence-electron chi connectivity index (χ0n) is 13.0. The number of rotatable bonds is 7. The number of halogens is 3. The molecule has 0 spiro atoms. The van der Waals surface area contributed by atoms with Crippen molar-refractivity contribution in [3.8, 4) is 0 Å². The van der Waals surface area contributed by atoms with Crippen LogP contribution in [0.3, 0.4) is 0 Å². The molecule has 130 valence electrons. The van der Waals surface area contributed by atoms with Crippen molar-refractivity contribution in [3.63, 3.8) is 0 Å². The number of nitrogens with one attached hydrogen (secondary N) is 1. The van der Waals surface area contributed by atoms with Gasteiger partial charge in [0, 0.05) is 13.0 Å². The molecule has 5 nitrogen and oxygen atoms in total. The molecule has 9 heteroatoms. The Morgan fingerprint density at radius 2 is 1.96 bits per heavy atom. The Morgan fingerprint density at radius 1 is 1.25 bits per heavy atom. The molecule has 0 saturated carbocycles. The monoisotopic (exact) mass is 358 g/mol. The van der Waals surface area contributed by atoms with Gasteiger partial charge in [0.15, 0.2) is 5.16 Å². The molecule has 1 amide bonds. The number of hydrogen-bond acceptors (Lipinski definition) is 4. The lowest BCUT2D eigenvalue weighted by molar-refractivity contribution is -0.136. The van der Waals surface area contributed by atoms with Gasteiger partial charge in [0.1, 0.15) is 12.4 Å². The predicted octanol–water partition coefficient (Wildman–Crippen LogP) is 2.66. The maximum atomic E-state index is 12.1. The molecule has 0 bridgehead atoms. The second-order valence-electron chi connectivity index (χ2n) is 4.99. The summed E-state index contributed by atoms with van der Waals surface area (Å²) in [4.78, 5) is 11.5. The van der Waals surface area contributed by atoms with Crippen molar-refractivity contribution in [2.24, 2.45) is 0 Å². The molecule has 1 N–H and O–H groups in total. The molecule has 1 aromatic carbocycles. The molecular weight excluding hydrogens is 341 g/mol. The van der Waals surface area contributed by atoms with Crippen molar-refractivity contribution in [2.45, 2.75) is 31.2 Å². The van der Waals surface area contributed by atoms with Crippen LogP contribution in [0.2, 0.25) is 0 Å². The Kier molecular flexibility index (Phi) is 6.24. The fourth-order valence-electron chi connectivity index (χ4n) is 2.03. The highest BCUT2D eigenvalue weighted by Crippen LogP contribution is 2.19. The summed E-state index contributed by atoms with van der Waals surface area (Å²) in [7, 11) is 0. The molecule has 0 aliphatic carbocycles. The first-order chi connectivity index (χ1) is 11.4. The van der Waals surface area contributed by atoms with Crippen LogP contribution in [0.15, 0.2) is 35.5 Å². The maximum Gasteiger partial charge on any atom is 0.405 e. The fraction of sp³-hybridized carbons (Fsp3) is 0.400. The quantitative estimate of drug-likeness (QED) is 0.773. The summed E-state index contributed by atoms with van der Waals surface area (Å²) in [6, 6.07) is 9.75. The number of hydrogen-bond donors (Lipinski definition) is 1. The van der Waals surface area contributed by atoms with E-state index in [0.29, 0.717) is 18.1 Å². The van der Waals surface area contributed by atoms with E-state index in [1.807, 2.05) is 47.1 Å². The summed E-state index contributed by atoms with van der Waals surface area (Å²) < 4.78 is 38.0. The first-order valence-electron chi connectivity index (χ1n) is 7.31. The zero-order valence-corrected chi connectivity index (χ0v) is 13.8. The predicted molar refractivity (Wildman–Crippen MR) is 84.7 cm³/mol. The van der Waals surface area contributed by atoms with Crippen LogP contribution in [0.1, 0.15) is 18.3 Å². The highest BCUT2D eigenvalue weighted by Gasteiger charge is 2.27. The van der Waals surface area contributed by atoms with Gasteiger partial charge in [-0.2, -0.15) is 13.2 Å². The molecule has 0 radical (unpaired) electrons. The fourth-order valence-corrected chi connectivity index (χ4v) is 2.88. The SMILES string of the molecule is CCn1c(Cc2ccccc2)nnc1SCC(=O)NCC(F)(F)F. The summed E-state index contributed by atoms with van der Waals surface area (Å²) in [5.41, 5.74) is 1.08. The van der Waals surface area contributed by atoms with Crippen molar-refractivity contribution in [2.75, 3.05) is 12.3 Å². The van der Waals surface area contributed by atoms with Gasteiger partial charge in [-0.1, -0.05) is 42.1 Å². The minimum Gasteiger partial charge on any atom is -0.346 e. The van der Waals surface area contributed by atoms with Crippen LogP contribution in [-0.2, 0) is 17.8 Å². The molecular formula is C15H17F3N4OS. The average Bonchev–Trinajstić information content (AvgIpc) is 2.93. The van der Waals surface area contributed by atoms with E-state index in [-0.39, 0.29) is 5.75 Å². The average molecular weight is 358 g/mol. The molecule has 1 heterocycles. The number of carbonyl (C=O) groups excluding carboxylic acids is 1. The summed E-state index contributed by atoms with van der Waals surface area (Å²) in [6.45, 7) is 1.21. The summed E-state index contributed by atoms with van der Waals surface area (Å²) in [5, 5.41) is 10.5. The van der Waals surface area contributed by atoms with Crippen molar-refractivity contribution in [1.29, 1.82) is 0 Å². The largest absolute Gasteiger partial charge is 0.405 e. The van der Waals surface area contributed by atoms with Crippen LogP contribution in [0.4, 0.5) is 13.2 Å². The van der Waals surface area contributed by atoms with E-state index >= 15 is 0 Å². The third-order valence-corrected chi connectivity index (χ3v) is 4.10. The molecule has 2 aromatic rings. The number of nitrogens with zero attached hydrogens (tertiary/aromatic N) is 3. The second-order valence-corrected chi connectivity index (χ2v) is 5.93. The number of amides is 1. The zero-order chi connectivity index (χ0) is 17.6. The van der Waals surface area contributed by atoms with Crippen molar-refractivity contribution in [3.05, 3.63) is 41.7 Å². The molecule has 0 fully saturated rings. The third kappa shape index (κ3) is 5.55. The van der Waals surface area contributed by atoms with Gasteiger partial charge in [0.05, 0.1) is 5.75 Å². The Balaban J connectivity index is 1.95. The van der Waals surface area contributed by atoms with Crippen molar-refractivity contribution in [1.82, 2.24) is 20.1 Å². The van der Waals surface area contributed by atoms with Gasteiger partial charge in [0.25, 0.3) is 0 Å². The molecule has 0 unspecified atom stereocenters. The van der Waals surface area contributed by atoms with E-state index in [1.165, 1.54) is 0 Å². The minimum atomic E-state index is -4.41. The van der Waals surface area contributed by atoms with Gasteiger partial charge in [-0.05, 0) is 12.5 Å². The highest BCUT2D eigenvalue weighted by molar-refractivity contribution is 7.99. The van der Waals surface area contributed by atoms with E-state index in [0.717, 1.165) is 23.1 Å². The molecule has 0 saturated heterocycles. The standard InChI is InChI=1S/C15H17F3N4OS/c1-2-22-12(8-11-6-4-3-5-7-11)20-21-14(22)24-9-13(23)19-10-15(16,17)18/h3-7H,2,8-10H2,1H3,(H,19,23). The minimum absolute atomic E-state index is 0.139. The smallest absolute Gasteiger partial charge is 0.346 e. The normalized spacial score (nSPS) is 11.5. The van der Waals surface area contributed by atoms with Crippen LogP contribution in [0.5, 0.6) is 0 Å². The van der Waals surface area contributed by atoms with Crippen LogP contribution in [0.25, 0.3) is 0 Å². The Labute approximate surface area is 141 Å². The van der Waals surface area contributed by atoms with Gasteiger partial charge >= 0.3 is 6.18 Å². The van der Waals surface area contributed by atoms with E-state index in [9.17, 15) is 18.0 Å². The number of alkyl halides is 3. The summed E-state index contributed by atoms with van der Waals surface area (Å²) in [6.07, 6.45) is -3.81. The van der Waals surface area contributed by atoms with Crippen LogP contribution in [0, 0.1) is 0 Å². The number of carbonyl (C=O) groups is 1. The molecule has 0 aliphatic rings. The highest BCUT2D eigenvalue weighted by atomic mass is 32.2. The van der Waals surface area contributed by atoms with Crippen LogP contribution < -0.4 is 5.32 Å². The van der Waals surface area contributed by atoms with Gasteiger partial charge < -0.3 is 9.88 Å². The lowest BCUT2D eigenvalue weighted by atomic mass is 10.1. The Hall–Kier alpha value is -2.03. The van der Waals surface area contributed by atoms with Crippen LogP contribution in [-0.4, -0.2) is 39.1 Å². The molecule has 0 atom stereocenters. The lowest BCUT2D eigenvalue weighted by Gasteiger charge is -2.09. The lowest BCUT2D eigenvalue weighted by Crippen LogP contribution is -2.34. The summed E-state index contributed by atoms with van der Waals surface area (Å²) in [5.74, 6) is -0.0750. The topological polar surface area (TPSA) is 59.8 Å². The van der Waals surface area contributed by atoms with E-state index in [4.69, 9.17) is 0 Å². The van der Waals surface area contributed by atoms with Crippen LogP contribution >= 0.6 is 11.8 Å². The summed E-state index contributed by atoms with van der Waals surface area (Å²) >= 11 is 1.07. The Morgan fingerprint density at radius 3 is 2.58 bits per heavy atom. The van der Waals surface area contributed by atoms with Crippen molar-refractivity contribution < 1.29 is 18.0 Å². The van der Waals surface area contributed by atoms with Gasteiger partial charge in [0.2, 0.25) is 5.91 Å². The Bertz CT molecular complexity index is 673. The van der Waals surface area contributed by atoms with E-state index in [1.54, 1.807) is 0 Å².